The average Bonchev–Trinajstić information content (AvgIpc) is 3.05. The second-order valence-corrected chi connectivity index (χ2v) is 12.2. The molecule has 4 nitrogen and oxygen atoms in total. The standard InChI is InChI=1S/C26H35NO3S/c1-25(2,3)21-11-12-24(23(17-21)26(4,5)6)31(29,30)27-22-15-19-10-9-18(8-7-13-28)14-20(19)16-22/h7-12,14,17,22,27-28H,13,15-16H2,1-6H3/b8-7+. The molecule has 0 heterocycles. The monoisotopic (exact) mass is 441 g/mol. The topological polar surface area (TPSA) is 66.4 Å². The van der Waals surface area contributed by atoms with Gasteiger partial charge in [0.15, 0.2) is 0 Å². The highest BCUT2D eigenvalue weighted by atomic mass is 32.2. The Morgan fingerprint density at radius 1 is 0.968 bits per heavy atom. The van der Waals surface area contributed by atoms with Gasteiger partial charge < -0.3 is 5.11 Å². The van der Waals surface area contributed by atoms with Gasteiger partial charge in [0.25, 0.3) is 0 Å². The summed E-state index contributed by atoms with van der Waals surface area (Å²) in [5.41, 5.74) is 4.99. The summed E-state index contributed by atoms with van der Waals surface area (Å²) in [4.78, 5) is 0.371. The summed E-state index contributed by atoms with van der Waals surface area (Å²) < 4.78 is 29.8. The van der Waals surface area contributed by atoms with Crippen LogP contribution in [0.5, 0.6) is 0 Å². The Kier molecular flexibility index (Phi) is 6.52. The van der Waals surface area contributed by atoms with E-state index in [0.717, 1.165) is 22.3 Å². The number of aliphatic hydroxyl groups excluding tert-OH is 1. The molecule has 1 atom stereocenters. The Morgan fingerprint density at radius 3 is 2.26 bits per heavy atom. The van der Waals surface area contributed by atoms with Crippen molar-refractivity contribution < 1.29 is 13.5 Å². The molecule has 1 aliphatic carbocycles. The molecule has 31 heavy (non-hydrogen) atoms. The summed E-state index contributed by atoms with van der Waals surface area (Å²) in [5.74, 6) is 0. The maximum Gasteiger partial charge on any atom is 0.241 e. The quantitative estimate of drug-likeness (QED) is 0.705. The number of fused-ring (bicyclic) bond motifs is 1. The second kappa shape index (κ2) is 8.53. The minimum Gasteiger partial charge on any atom is -0.392 e. The predicted octanol–water partition coefficient (Wildman–Crippen LogP) is 4.73. The van der Waals surface area contributed by atoms with Gasteiger partial charge in [0.05, 0.1) is 11.5 Å². The third-order valence-electron chi connectivity index (χ3n) is 5.84. The van der Waals surface area contributed by atoms with E-state index in [1.807, 2.05) is 18.2 Å². The number of aliphatic hydroxyl groups is 1. The molecule has 0 bridgehead atoms. The van der Waals surface area contributed by atoms with Crippen molar-refractivity contribution in [3.8, 4) is 0 Å². The first-order valence-electron chi connectivity index (χ1n) is 10.9. The molecule has 0 radical (unpaired) electrons. The van der Waals surface area contributed by atoms with E-state index in [1.54, 1.807) is 12.1 Å². The van der Waals surface area contributed by atoms with Gasteiger partial charge in [-0.15, -0.1) is 0 Å². The summed E-state index contributed by atoms with van der Waals surface area (Å²) in [5, 5.41) is 8.98. The summed E-state index contributed by atoms with van der Waals surface area (Å²) in [6, 6.07) is 11.7. The van der Waals surface area contributed by atoms with Crippen LogP contribution < -0.4 is 4.72 Å². The predicted molar refractivity (Wildman–Crippen MR) is 128 cm³/mol. The highest BCUT2D eigenvalue weighted by Crippen LogP contribution is 2.34. The van der Waals surface area contributed by atoms with Crippen molar-refractivity contribution in [2.75, 3.05) is 6.61 Å². The fraction of sp³-hybridized carbons (Fsp3) is 0.462. The SMILES string of the molecule is CC(C)(C)c1ccc(S(=O)(=O)NC2Cc3ccc(/C=C/CO)cc3C2)c(C(C)(C)C)c1. The first kappa shape index (κ1) is 23.7. The number of nitrogens with one attached hydrogen (secondary N) is 1. The van der Waals surface area contributed by atoms with E-state index < -0.39 is 10.0 Å². The fourth-order valence-corrected chi connectivity index (χ4v) is 5.75. The molecular weight excluding hydrogens is 406 g/mol. The summed E-state index contributed by atoms with van der Waals surface area (Å²) in [6.07, 6.45) is 4.93. The van der Waals surface area contributed by atoms with Gasteiger partial charge in [0.2, 0.25) is 10.0 Å². The van der Waals surface area contributed by atoms with Crippen LogP contribution in [-0.4, -0.2) is 26.2 Å². The Hall–Kier alpha value is -1.95. The smallest absolute Gasteiger partial charge is 0.241 e. The minimum atomic E-state index is -3.66. The van der Waals surface area contributed by atoms with Crippen molar-refractivity contribution in [2.24, 2.45) is 0 Å². The molecule has 2 N–H and O–H groups in total. The van der Waals surface area contributed by atoms with Crippen LogP contribution in [0, 0.1) is 0 Å². The molecule has 2 aromatic rings. The van der Waals surface area contributed by atoms with Crippen LogP contribution in [0.15, 0.2) is 47.4 Å². The maximum atomic E-state index is 13.4. The normalized spacial score (nSPS) is 17.3. The van der Waals surface area contributed by atoms with Gasteiger partial charge in [-0.05, 0) is 57.6 Å². The average molecular weight is 442 g/mol. The van der Waals surface area contributed by atoms with Gasteiger partial charge in [-0.1, -0.05) is 84.0 Å². The third kappa shape index (κ3) is 5.46. The molecule has 0 saturated heterocycles. The van der Waals surface area contributed by atoms with Crippen LogP contribution in [0.2, 0.25) is 0 Å². The summed E-state index contributed by atoms with van der Waals surface area (Å²) >= 11 is 0. The molecule has 5 heteroatoms. The van der Waals surface area contributed by atoms with Gasteiger partial charge in [-0.2, -0.15) is 0 Å². The Labute approximate surface area is 187 Å². The Balaban J connectivity index is 1.88. The first-order chi connectivity index (χ1) is 14.3. The molecule has 0 spiro atoms. The van der Waals surface area contributed by atoms with Crippen molar-refractivity contribution in [3.63, 3.8) is 0 Å². The number of hydrogen-bond donors (Lipinski definition) is 2. The Morgan fingerprint density at radius 2 is 1.65 bits per heavy atom. The maximum absolute atomic E-state index is 13.4. The van der Waals surface area contributed by atoms with E-state index in [2.05, 4.69) is 64.5 Å². The zero-order valence-electron chi connectivity index (χ0n) is 19.5. The second-order valence-electron chi connectivity index (χ2n) is 10.6. The zero-order chi connectivity index (χ0) is 23.0. The van der Waals surface area contributed by atoms with E-state index >= 15 is 0 Å². The fourth-order valence-electron chi connectivity index (χ4n) is 4.11. The summed E-state index contributed by atoms with van der Waals surface area (Å²) in [7, 11) is -3.66. The first-order valence-corrected chi connectivity index (χ1v) is 12.4. The molecule has 3 rings (SSSR count). The van der Waals surface area contributed by atoms with E-state index in [0.29, 0.717) is 17.7 Å². The number of rotatable bonds is 5. The van der Waals surface area contributed by atoms with Gasteiger partial charge >= 0.3 is 0 Å². The van der Waals surface area contributed by atoms with Crippen LogP contribution in [0.3, 0.4) is 0 Å². The van der Waals surface area contributed by atoms with E-state index in [1.165, 1.54) is 5.56 Å². The molecule has 0 fully saturated rings. The van der Waals surface area contributed by atoms with Crippen LogP contribution in [0.1, 0.15) is 69.4 Å². The van der Waals surface area contributed by atoms with E-state index in [9.17, 15) is 8.42 Å². The van der Waals surface area contributed by atoms with Crippen LogP contribution in [-0.2, 0) is 33.7 Å². The lowest BCUT2D eigenvalue weighted by Gasteiger charge is -2.27. The van der Waals surface area contributed by atoms with Crippen molar-refractivity contribution in [1.82, 2.24) is 4.72 Å². The number of benzene rings is 2. The number of sulfonamides is 1. The third-order valence-corrected chi connectivity index (χ3v) is 7.42. The zero-order valence-corrected chi connectivity index (χ0v) is 20.3. The van der Waals surface area contributed by atoms with Gasteiger partial charge in [0.1, 0.15) is 0 Å². The van der Waals surface area contributed by atoms with Crippen molar-refractivity contribution in [3.05, 3.63) is 70.3 Å². The van der Waals surface area contributed by atoms with Crippen molar-refractivity contribution >= 4 is 16.1 Å². The highest BCUT2D eigenvalue weighted by molar-refractivity contribution is 7.89. The molecule has 0 amide bonds. The molecule has 1 unspecified atom stereocenters. The van der Waals surface area contributed by atoms with Gasteiger partial charge in [-0.3, -0.25) is 0 Å². The summed E-state index contributed by atoms with van der Waals surface area (Å²) in [6.45, 7) is 12.6. The molecule has 1 aliphatic rings. The highest BCUT2D eigenvalue weighted by Gasteiger charge is 2.31. The molecule has 0 aromatic heterocycles. The molecule has 2 aromatic carbocycles. The molecule has 0 saturated carbocycles. The van der Waals surface area contributed by atoms with E-state index in [-0.39, 0.29) is 23.5 Å². The molecule has 0 aliphatic heterocycles. The lowest BCUT2D eigenvalue weighted by Crippen LogP contribution is -2.36. The number of hydrogen-bond acceptors (Lipinski definition) is 3. The lowest BCUT2D eigenvalue weighted by atomic mass is 9.81. The molecular formula is C26H35NO3S. The van der Waals surface area contributed by atoms with Gasteiger partial charge in [0, 0.05) is 6.04 Å². The van der Waals surface area contributed by atoms with E-state index in [4.69, 9.17) is 5.11 Å². The minimum absolute atomic E-state index is 0.00359. The Bertz CT molecular complexity index is 1090. The lowest BCUT2D eigenvalue weighted by molar-refractivity contribution is 0.343. The van der Waals surface area contributed by atoms with Crippen LogP contribution in [0.25, 0.3) is 6.08 Å². The van der Waals surface area contributed by atoms with Crippen LogP contribution >= 0.6 is 0 Å². The molecule has 168 valence electrons. The van der Waals surface area contributed by atoms with Crippen molar-refractivity contribution in [1.29, 1.82) is 0 Å². The van der Waals surface area contributed by atoms with Gasteiger partial charge in [-0.25, -0.2) is 13.1 Å². The van der Waals surface area contributed by atoms with Crippen LogP contribution in [0.4, 0.5) is 0 Å². The van der Waals surface area contributed by atoms with Crippen molar-refractivity contribution in [2.45, 2.75) is 76.2 Å². The largest absolute Gasteiger partial charge is 0.392 e.